The molecule has 0 fully saturated rings. The Hall–Kier alpha value is -0.810. The molecule has 5 heteroatoms. The lowest BCUT2D eigenvalue weighted by Crippen LogP contribution is -2.19. The van der Waals surface area contributed by atoms with E-state index in [1.165, 1.54) is 0 Å². The van der Waals surface area contributed by atoms with Crippen LogP contribution in [0.5, 0.6) is 0 Å². The Morgan fingerprint density at radius 1 is 1.38 bits per heavy atom. The molecule has 5 nitrogen and oxygen atoms in total. The van der Waals surface area contributed by atoms with E-state index in [9.17, 15) is 4.79 Å². The molecule has 0 radical (unpaired) electrons. The molecule has 0 aromatic heterocycles. The highest BCUT2D eigenvalue weighted by Crippen LogP contribution is 1.90. The molecule has 0 aliphatic carbocycles. The molecule has 0 aliphatic rings. The zero-order chi connectivity index (χ0) is 10.1. The number of likely N-dealkylation sites (N-methyl/N-ethyl adjacent to an activating group) is 1. The van der Waals surface area contributed by atoms with E-state index in [4.69, 9.17) is 4.74 Å². The summed E-state index contributed by atoms with van der Waals surface area (Å²) in [4.78, 5) is 10.7. The average molecular weight is 191 g/mol. The van der Waals surface area contributed by atoms with Crippen molar-refractivity contribution in [3.63, 3.8) is 0 Å². The molecule has 0 heterocycles. The SMILES string of the molecule is CNCCOC(=O)OCOC(C)C. The van der Waals surface area contributed by atoms with Crippen LogP contribution in [0.25, 0.3) is 0 Å². The monoisotopic (exact) mass is 191 g/mol. The van der Waals surface area contributed by atoms with Gasteiger partial charge < -0.3 is 19.5 Å². The summed E-state index contributed by atoms with van der Waals surface area (Å²) in [5.74, 6) is 0. The first kappa shape index (κ1) is 12.2. The lowest BCUT2D eigenvalue weighted by Gasteiger charge is -2.08. The van der Waals surface area contributed by atoms with Crippen LogP contribution < -0.4 is 5.32 Å². The molecular weight excluding hydrogens is 174 g/mol. The zero-order valence-electron chi connectivity index (χ0n) is 8.33. The first-order chi connectivity index (χ1) is 6.16. The van der Waals surface area contributed by atoms with Crippen molar-refractivity contribution in [3.05, 3.63) is 0 Å². The minimum atomic E-state index is -0.698. The van der Waals surface area contributed by atoms with Crippen LogP contribution in [0.15, 0.2) is 0 Å². The Morgan fingerprint density at radius 3 is 2.62 bits per heavy atom. The van der Waals surface area contributed by atoms with Gasteiger partial charge in [0.2, 0.25) is 0 Å². The van der Waals surface area contributed by atoms with E-state index in [-0.39, 0.29) is 12.9 Å². The van der Waals surface area contributed by atoms with Crippen LogP contribution in [0.3, 0.4) is 0 Å². The van der Waals surface area contributed by atoms with Gasteiger partial charge in [-0.15, -0.1) is 0 Å². The molecule has 0 aromatic rings. The van der Waals surface area contributed by atoms with Crippen LogP contribution in [0.4, 0.5) is 4.79 Å². The second kappa shape index (κ2) is 7.82. The van der Waals surface area contributed by atoms with Crippen LogP contribution in [-0.4, -0.2) is 39.3 Å². The number of carbonyl (C=O) groups excluding carboxylic acids is 1. The van der Waals surface area contributed by atoms with Gasteiger partial charge in [-0.25, -0.2) is 4.79 Å². The minimum Gasteiger partial charge on any atom is -0.433 e. The van der Waals surface area contributed by atoms with Gasteiger partial charge in [0.1, 0.15) is 6.61 Å². The summed E-state index contributed by atoms with van der Waals surface area (Å²) in [6.45, 7) is 4.57. The Morgan fingerprint density at radius 2 is 2.08 bits per heavy atom. The van der Waals surface area contributed by atoms with E-state index in [2.05, 4.69) is 14.8 Å². The highest BCUT2D eigenvalue weighted by Gasteiger charge is 2.02. The molecule has 1 N–H and O–H groups in total. The van der Waals surface area contributed by atoms with Gasteiger partial charge in [-0.2, -0.15) is 0 Å². The fraction of sp³-hybridized carbons (Fsp3) is 0.875. The molecule has 13 heavy (non-hydrogen) atoms. The Bertz CT molecular complexity index is 138. The predicted molar refractivity (Wildman–Crippen MR) is 47.4 cm³/mol. The van der Waals surface area contributed by atoms with Crippen LogP contribution in [0.1, 0.15) is 13.8 Å². The highest BCUT2D eigenvalue weighted by molar-refractivity contribution is 5.59. The second-order valence-corrected chi connectivity index (χ2v) is 2.68. The summed E-state index contributed by atoms with van der Waals surface area (Å²) in [5, 5.41) is 2.83. The Labute approximate surface area is 78.3 Å². The molecule has 0 amide bonds. The third kappa shape index (κ3) is 9.10. The summed E-state index contributed by atoms with van der Waals surface area (Å²) in [5.41, 5.74) is 0. The van der Waals surface area contributed by atoms with Gasteiger partial charge in [-0.05, 0) is 20.9 Å². The van der Waals surface area contributed by atoms with Crippen molar-refractivity contribution in [1.29, 1.82) is 0 Å². The summed E-state index contributed by atoms with van der Waals surface area (Å²) in [6, 6.07) is 0. The maximum atomic E-state index is 10.7. The van der Waals surface area contributed by atoms with E-state index in [0.29, 0.717) is 13.2 Å². The lowest BCUT2D eigenvalue weighted by atomic mass is 10.5. The van der Waals surface area contributed by atoms with Gasteiger partial charge in [0.05, 0.1) is 6.10 Å². The van der Waals surface area contributed by atoms with Gasteiger partial charge in [-0.1, -0.05) is 0 Å². The highest BCUT2D eigenvalue weighted by atomic mass is 16.8. The van der Waals surface area contributed by atoms with Crippen molar-refractivity contribution in [2.24, 2.45) is 0 Å². The van der Waals surface area contributed by atoms with Gasteiger partial charge >= 0.3 is 6.16 Å². The van der Waals surface area contributed by atoms with E-state index < -0.39 is 6.16 Å². The van der Waals surface area contributed by atoms with Gasteiger partial charge in [0.25, 0.3) is 0 Å². The van der Waals surface area contributed by atoms with Crippen LogP contribution in [0.2, 0.25) is 0 Å². The number of nitrogens with one attached hydrogen (secondary N) is 1. The van der Waals surface area contributed by atoms with Crippen molar-refractivity contribution in [3.8, 4) is 0 Å². The quantitative estimate of drug-likeness (QED) is 0.381. The normalized spacial score (nSPS) is 10.2. The number of carbonyl (C=O) groups is 1. The number of hydrogen-bond acceptors (Lipinski definition) is 5. The third-order valence-corrected chi connectivity index (χ3v) is 1.15. The average Bonchev–Trinajstić information content (AvgIpc) is 2.04. The van der Waals surface area contributed by atoms with E-state index >= 15 is 0 Å². The molecule has 0 bridgehead atoms. The molecule has 0 saturated heterocycles. The summed E-state index contributed by atoms with van der Waals surface area (Å²) in [6.07, 6.45) is -0.652. The predicted octanol–water partition coefficient (Wildman–Crippen LogP) is 0.741. The summed E-state index contributed by atoms with van der Waals surface area (Å²) < 4.78 is 14.2. The molecule has 0 spiro atoms. The fourth-order valence-corrected chi connectivity index (χ4v) is 0.496. The lowest BCUT2D eigenvalue weighted by molar-refractivity contribution is -0.0658. The summed E-state index contributed by atoms with van der Waals surface area (Å²) in [7, 11) is 1.77. The van der Waals surface area contributed by atoms with Crippen LogP contribution >= 0.6 is 0 Å². The molecule has 0 saturated carbocycles. The van der Waals surface area contributed by atoms with E-state index in [0.717, 1.165) is 0 Å². The Kier molecular flexibility index (Phi) is 7.33. The van der Waals surface area contributed by atoms with Crippen LogP contribution in [0, 0.1) is 0 Å². The van der Waals surface area contributed by atoms with Crippen LogP contribution in [-0.2, 0) is 14.2 Å². The summed E-state index contributed by atoms with van der Waals surface area (Å²) >= 11 is 0. The first-order valence-corrected chi connectivity index (χ1v) is 4.22. The minimum absolute atomic E-state index is 0.0464. The van der Waals surface area contributed by atoms with Gasteiger partial charge in [0, 0.05) is 6.54 Å². The van der Waals surface area contributed by atoms with Gasteiger partial charge in [-0.3, -0.25) is 0 Å². The molecule has 0 rings (SSSR count). The van der Waals surface area contributed by atoms with E-state index in [1.54, 1.807) is 7.05 Å². The van der Waals surface area contributed by atoms with Crippen molar-refractivity contribution in [2.45, 2.75) is 20.0 Å². The maximum absolute atomic E-state index is 10.7. The maximum Gasteiger partial charge on any atom is 0.510 e. The topological polar surface area (TPSA) is 56.8 Å². The van der Waals surface area contributed by atoms with Crippen molar-refractivity contribution in [2.75, 3.05) is 27.0 Å². The largest absolute Gasteiger partial charge is 0.510 e. The van der Waals surface area contributed by atoms with Crippen molar-refractivity contribution in [1.82, 2.24) is 5.32 Å². The smallest absolute Gasteiger partial charge is 0.433 e. The molecule has 0 unspecified atom stereocenters. The van der Waals surface area contributed by atoms with Crippen molar-refractivity contribution < 1.29 is 19.0 Å². The fourth-order valence-electron chi connectivity index (χ4n) is 0.496. The third-order valence-electron chi connectivity index (χ3n) is 1.15. The molecule has 0 aromatic carbocycles. The molecule has 0 atom stereocenters. The molecular formula is C8H17NO4. The number of ether oxygens (including phenoxy) is 3. The first-order valence-electron chi connectivity index (χ1n) is 4.22. The number of rotatable bonds is 6. The molecule has 78 valence electrons. The van der Waals surface area contributed by atoms with Crippen molar-refractivity contribution >= 4 is 6.16 Å². The second-order valence-electron chi connectivity index (χ2n) is 2.68. The van der Waals surface area contributed by atoms with Gasteiger partial charge in [0.15, 0.2) is 6.79 Å². The standard InChI is InChI=1S/C8H17NO4/c1-7(2)12-6-13-8(10)11-5-4-9-3/h7,9H,4-6H2,1-3H3. The molecule has 0 aliphatic heterocycles. The zero-order valence-corrected chi connectivity index (χ0v) is 8.33. The van der Waals surface area contributed by atoms with E-state index in [1.807, 2.05) is 13.8 Å². The Balaban J connectivity index is 3.20. The number of hydrogen-bond donors (Lipinski definition) is 1.